The summed E-state index contributed by atoms with van der Waals surface area (Å²) in [4.78, 5) is 26.6. The number of ketones is 1. The minimum Gasteiger partial charge on any atom is -0.464 e. The Morgan fingerprint density at radius 1 is 1.04 bits per heavy atom. The van der Waals surface area contributed by atoms with Crippen LogP contribution in [-0.2, 0) is 11.3 Å². The smallest absolute Gasteiger partial charge is 0.223 e. The van der Waals surface area contributed by atoms with Gasteiger partial charge in [-0.25, -0.2) is 0 Å². The third-order valence-electron chi connectivity index (χ3n) is 5.61. The summed E-state index contributed by atoms with van der Waals surface area (Å²) in [5, 5.41) is 2.14. The summed E-state index contributed by atoms with van der Waals surface area (Å²) in [6.45, 7) is 2.65. The number of hydrogen-bond donors (Lipinski definition) is 0. The molecule has 1 amide bonds. The van der Waals surface area contributed by atoms with Gasteiger partial charge in [0.1, 0.15) is 11.5 Å². The average Bonchev–Trinajstić information content (AvgIpc) is 3.26. The quantitative estimate of drug-likeness (QED) is 0.535. The molecular weight excluding hydrogens is 350 g/mol. The Balaban J connectivity index is 1.31. The van der Waals surface area contributed by atoms with Gasteiger partial charge in [-0.1, -0.05) is 43.3 Å². The van der Waals surface area contributed by atoms with Crippen LogP contribution in [0.5, 0.6) is 0 Å². The number of carbonyl (C=O) groups is 2. The van der Waals surface area contributed by atoms with E-state index in [-0.39, 0.29) is 24.5 Å². The third kappa shape index (κ3) is 4.01. The van der Waals surface area contributed by atoms with Crippen LogP contribution in [0.1, 0.15) is 54.0 Å². The molecule has 0 saturated heterocycles. The van der Waals surface area contributed by atoms with Gasteiger partial charge in [0.25, 0.3) is 0 Å². The maximum Gasteiger partial charge on any atom is 0.223 e. The number of rotatable bonds is 7. The van der Waals surface area contributed by atoms with Gasteiger partial charge in [0.05, 0.1) is 6.54 Å². The SMILES string of the molecule is C[C@H]1C[C@@H]1c1ccc(CN(C)C(=O)CCC(=O)c2ccc3ccccc3c2)o1. The minimum absolute atomic E-state index is 0.00416. The molecule has 28 heavy (non-hydrogen) atoms. The van der Waals surface area contributed by atoms with Crippen molar-refractivity contribution in [2.24, 2.45) is 5.92 Å². The van der Waals surface area contributed by atoms with E-state index in [4.69, 9.17) is 4.42 Å². The molecule has 1 aromatic heterocycles. The minimum atomic E-state index is -0.0492. The molecule has 2 atom stereocenters. The second kappa shape index (κ2) is 7.63. The largest absolute Gasteiger partial charge is 0.464 e. The third-order valence-corrected chi connectivity index (χ3v) is 5.61. The van der Waals surface area contributed by atoms with Crippen LogP contribution < -0.4 is 0 Å². The van der Waals surface area contributed by atoms with E-state index in [1.807, 2.05) is 54.6 Å². The fourth-order valence-corrected chi connectivity index (χ4v) is 3.64. The molecule has 0 bridgehead atoms. The maximum absolute atomic E-state index is 12.5. The second-order valence-corrected chi connectivity index (χ2v) is 7.86. The van der Waals surface area contributed by atoms with Crippen LogP contribution in [0.15, 0.2) is 59.0 Å². The predicted molar refractivity (Wildman–Crippen MR) is 109 cm³/mol. The summed E-state index contributed by atoms with van der Waals surface area (Å²) in [7, 11) is 1.75. The number of Topliss-reactive ketones (excluding diaryl/α,β-unsaturated/α-hetero) is 1. The first-order valence-electron chi connectivity index (χ1n) is 9.86. The first-order chi connectivity index (χ1) is 13.5. The van der Waals surface area contributed by atoms with Crippen LogP contribution in [0.25, 0.3) is 10.8 Å². The van der Waals surface area contributed by atoms with Crippen molar-refractivity contribution >= 4 is 22.5 Å². The Kier molecular flexibility index (Phi) is 5.03. The molecule has 0 spiro atoms. The van der Waals surface area contributed by atoms with E-state index < -0.39 is 0 Å². The van der Waals surface area contributed by atoms with Crippen LogP contribution in [-0.4, -0.2) is 23.6 Å². The van der Waals surface area contributed by atoms with Crippen molar-refractivity contribution in [1.82, 2.24) is 4.90 Å². The number of nitrogens with zero attached hydrogens (tertiary/aromatic N) is 1. The van der Waals surface area contributed by atoms with Crippen molar-refractivity contribution in [1.29, 1.82) is 0 Å². The molecule has 1 aliphatic rings. The summed E-state index contributed by atoms with van der Waals surface area (Å²) in [6.07, 6.45) is 1.60. The van der Waals surface area contributed by atoms with Crippen molar-refractivity contribution in [2.75, 3.05) is 7.05 Å². The molecule has 2 aromatic carbocycles. The molecule has 0 unspecified atom stereocenters. The van der Waals surface area contributed by atoms with Crippen LogP contribution in [0, 0.1) is 5.92 Å². The van der Waals surface area contributed by atoms with Gasteiger partial charge in [0.15, 0.2) is 5.78 Å². The molecular formula is C24H25NO3. The molecule has 4 nitrogen and oxygen atoms in total. The van der Waals surface area contributed by atoms with E-state index >= 15 is 0 Å². The lowest BCUT2D eigenvalue weighted by molar-refractivity contribution is -0.130. The molecule has 4 rings (SSSR count). The normalized spacial score (nSPS) is 18.2. The number of fused-ring (bicyclic) bond motifs is 1. The maximum atomic E-state index is 12.5. The van der Waals surface area contributed by atoms with Gasteiger partial charge in [0, 0.05) is 31.4 Å². The highest BCUT2D eigenvalue weighted by molar-refractivity contribution is 6.01. The van der Waals surface area contributed by atoms with Gasteiger partial charge < -0.3 is 9.32 Å². The van der Waals surface area contributed by atoms with E-state index in [0.29, 0.717) is 23.9 Å². The summed E-state index contributed by atoms with van der Waals surface area (Å²) in [5.74, 6) is 3.00. The highest BCUT2D eigenvalue weighted by Crippen LogP contribution is 2.47. The lowest BCUT2D eigenvalue weighted by Gasteiger charge is -2.15. The van der Waals surface area contributed by atoms with Crippen molar-refractivity contribution in [3.05, 3.63) is 71.7 Å². The number of furan rings is 1. The molecule has 0 aliphatic heterocycles. The zero-order chi connectivity index (χ0) is 19.7. The number of hydrogen-bond acceptors (Lipinski definition) is 3. The molecule has 1 fully saturated rings. The van der Waals surface area contributed by atoms with E-state index in [1.54, 1.807) is 11.9 Å². The molecule has 0 N–H and O–H groups in total. The first kappa shape index (κ1) is 18.5. The fourth-order valence-electron chi connectivity index (χ4n) is 3.64. The zero-order valence-corrected chi connectivity index (χ0v) is 16.4. The second-order valence-electron chi connectivity index (χ2n) is 7.86. The van der Waals surface area contributed by atoms with Crippen LogP contribution >= 0.6 is 0 Å². The Labute approximate surface area is 165 Å². The van der Waals surface area contributed by atoms with Gasteiger partial charge in [0.2, 0.25) is 5.91 Å². The van der Waals surface area contributed by atoms with E-state index in [0.717, 1.165) is 22.3 Å². The van der Waals surface area contributed by atoms with Gasteiger partial charge in [-0.2, -0.15) is 0 Å². The van der Waals surface area contributed by atoms with Gasteiger partial charge in [-0.05, 0) is 41.3 Å². The monoisotopic (exact) mass is 375 g/mol. The topological polar surface area (TPSA) is 50.5 Å². The van der Waals surface area contributed by atoms with Crippen molar-refractivity contribution in [2.45, 2.75) is 38.6 Å². The van der Waals surface area contributed by atoms with Gasteiger partial charge in [-0.15, -0.1) is 0 Å². The molecule has 3 aromatic rings. The number of carbonyl (C=O) groups excluding carboxylic acids is 2. The Morgan fingerprint density at radius 3 is 2.54 bits per heavy atom. The number of benzene rings is 2. The lowest BCUT2D eigenvalue weighted by atomic mass is 10.0. The highest BCUT2D eigenvalue weighted by atomic mass is 16.3. The molecule has 1 saturated carbocycles. The highest BCUT2D eigenvalue weighted by Gasteiger charge is 2.36. The Bertz CT molecular complexity index is 1020. The molecule has 144 valence electrons. The first-order valence-corrected chi connectivity index (χ1v) is 9.86. The van der Waals surface area contributed by atoms with E-state index in [1.165, 1.54) is 6.42 Å². The predicted octanol–water partition coefficient (Wildman–Crippen LogP) is 5.18. The van der Waals surface area contributed by atoms with Crippen LogP contribution in [0.4, 0.5) is 0 Å². The van der Waals surface area contributed by atoms with Crippen molar-refractivity contribution < 1.29 is 14.0 Å². The van der Waals surface area contributed by atoms with Crippen molar-refractivity contribution in [3.63, 3.8) is 0 Å². The molecule has 1 heterocycles. The van der Waals surface area contributed by atoms with E-state index in [2.05, 4.69) is 6.92 Å². The zero-order valence-electron chi connectivity index (χ0n) is 16.4. The summed E-state index contributed by atoms with van der Waals surface area (Å²) >= 11 is 0. The fraction of sp³-hybridized carbons (Fsp3) is 0.333. The number of amides is 1. The van der Waals surface area contributed by atoms with Crippen LogP contribution in [0.3, 0.4) is 0 Å². The molecule has 1 aliphatic carbocycles. The average molecular weight is 375 g/mol. The standard InChI is InChI=1S/C24H25NO3/c1-16-13-21(16)23-11-9-20(28-23)15-25(2)24(27)12-10-22(26)19-8-7-17-5-3-4-6-18(17)14-19/h3-9,11,14,16,21H,10,12-13,15H2,1-2H3/t16-,21-/m0/s1. The summed E-state index contributed by atoms with van der Waals surface area (Å²) < 4.78 is 5.87. The van der Waals surface area contributed by atoms with Gasteiger partial charge in [-0.3, -0.25) is 9.59 Å². The summed E-state index contributed by atoms with van der Waals surface area (Å²) in [6, 6.07) is 17.6. The Morgan fingerprint density at radius 2 is 1.79 bits per heavy atom. The molecule has 0 radical (unpaired) electrons. The van der Waals surface area contributed by atoms with E-state index in [9.17, 15) is 9.59 Å². The summed E-state index contributed by atoms with van der Waals surface area (Å²) in [5.41, 5.74) is 0.656. The Hall–Kier alpha value is -2.88. The van der Waals surface area contributed by atoms with Gasteiger partial charge >= 0.3 is 0 Å². The van der Waals surface area contributed by atoms with Crippen molar-refractivity contribution in [3.8, 4) is 0 Å². The van der Waals surface area contributed by atoms with Crippen LogP contribution in [0.2, 0.25) is 0 Å². The lowest BCUT2D eigenvalue weighted by Crippen LogP contribution is -2.26. The molecule has 4 heteroatoms.